The molecule has 47 heavy (non-hydrogen) atoms. The number of imidazole rings is 1. The van der Waals surface area contributed by atoms with Gasteiger partial charge in [-0.15, -0.1) is 0 Å². The van der Waals surface area contributed by atoms with Gasteiger partial charge in [-0.2, -0.15) is 0 Å². The Morgan fingerprint density at radius 1 is 0.936 bits per heavy atom. The number of benzene rings is 3. The molecule has 3 aliphatic rings. The largest absolute Gasteiger partial charge is 0.453 e. The standard InChI is InChI=1S/C37H43N7O3/c1-22(2)33(43-37(46)47-3)36(45)44-17-5-7-32(44)35-40-21-31(42-35)28-15-14-26-18-25(12-13-27(26)19-28)23-8-10-24(11-9-23)30-20-39-34(41-30)29-6-4-16-38-29/h8-15,18-22,29,32-33,35,38,40,42H,4-7,16-17H2,1-3H3,(H,39,41)(H,43,46)/t29-,32-,33-,35?/m0/s1. The molecule has 4 atom stereocenters. The fraction of sp³-hybridized carbons (Fsp3) is 0.378. The van der Waals surface area contributed by atoms with Gasteiger partial charge in [-0.05, 0) is 83.3 Å². The summed E-state index contributed by atoms with van der Waals surface area (Å²) in [6.45, 7) is 5.57. The number of rotatable bonds is 8. The lowest BCUT2D eigenvalue weighted by Crippen LogP contribution is -2.57. The van der Waals surface area contributed by atoms with E-state index in [0.29, 0.717) is 12.6 Å². The topological polar surface area (TPSA) is 123 Å². The van der Waals surface area contributed by atoms with Crippen molar-refractivity contribution < 1.29 is 14.3 Å². The van der Waals surface area contributed by atoms with Gasteiger partial charge in [0.25, 0.3) is 0 Å². The van der Waals surface area contributed by atoms with Crippen molar-refractivity contribution >= 4 is 28.5 Å². The summed E-state index contributed by atoms with van der Waals surface area (Å²) >= 11 is 0. The Bertz CT molecular complexity index is 1790. The van der Waals surface area contributed by atoms with Crippen molar-refractivity contribution in [3.05, 3.63) is 84.4 Å². The predicted molar refractivity (Wildman–Crippen MR) is 184 cm³/mol. The third kappa shape index (κ3) is 6.30. The minimum atomic E-state index is -0.635. The highest BCUT2D eigenvalue weighted by molar-refractivity contribution is 5.90. The zero-order valence-electron chi connectivity index (χ0n) is 27.2. The molecule has 2 amide bonds. The first-order chi connectivity index (χ1) is 22.9. The SMILES string of the molecule is COC(=O)N[C@H](C(=O)N1CCC[C@H]1C1NC=C(c2ccc3cc(-c4ccc(-c5cnc([C@@H]6CCCN6)[nH]5)cc4)ccc3c2)N1)C(C)C. The van der Waals surface area contributed by atoms with Crippen LogP contribution in [0.5, 0.6) is 0 Å². The van der Waals surface area contributed by atoms with Crippen LogP contribution in [0.3, 0.4) is 0 Å². The Kier molecular flexibility index (Phi) is 8.60. The Labute approximate surface area is 275 Å². The summed E-state index contributed by atoms with van der Waals surface area (Å²) in [5.41, 5.74) is 6.59. The molecule has 0 spiro atoms. The van der Waals surface area contributed by atoms with Gasteiger partial charge in [0.15, 0.2) is 0 Å². The zero-order chi connectivity index (χ0) is 32.5. The van der Waals surface area contributed by atoms with E-state index >= 15 is 0 Å². The van der Waals surface area contributed by atoms with Crippen molar-refractivity contribution in [2.75, 3.05) is 20.2 Å². The van der Waals surface area contributed by atoms with Gasteiger partial charge in [0, 0.05) is 12.7 Å². The number of aromatic nitrogens is 2. The van der Waals surface area contributed by atoms with Gasteiger partial charge in [0.05, 0.1) is 36.8 Å². The lowest BCUT2D eigenvalue weighted by atomic mass is 9.98. The first-order valence-corrected chi connectivity index (χ1v) is 16.7. The highest BCUT2D eigenvalue weighted by Gasteiger charge is 2.40. The van der Waals surface area contributed by atoms with Crippen LogP contribution >= 0.6 is 0 Å². The van der Waals surface area contributed by atoms with E-state index < -0.39 is 12.1 Å². The van der Waals surface area contributed by atoms with E-state index in [-0.39, 0.29) is 24.0 Å². The van der Waals surface area contributed by atoms with E-state index in [1.165, 1.54) is 30.0 Å². The third-order valence-corrected chi connectivity index (χ3v) is 9.74. The van der Waals surface area contributed by atoms with Crippen LogP contribution in [0.1, 0.15) is 57.0 Å². The first kappa shape index (κ1) is 30.8. The van der Waals surface area contributed by atoms with Crippen LogP contribution in [0.2, 0.25) is 0 Å². The number of likely N-dealkylation sites (tertiary alicyclic amines) is 1. The molecular formula is C37H43N7O3. The number of alkyl carbamates (subject to hydrolysis) is 1. The summed E-state index contributed by atoms with van der Waals surface area (Å²) in [7, 11) is 1.31. The Hall–Kier alpha value is -4.83. The summed E-state index contributed by atoms with van der Waals surface area (Å²) in [5.74, 6) is 0.882. The number of amides is 2. The Morgan fingerprint density at radius 3 is 2.38 bits per heavy atom. The van der Waals surface area contributed by atoms with Crippen LogP contribution < -0.4 is 21.3 Å². The molecule has 1 aromatic heterocycles. The summed E-state index contributed by atoms with van der Waals surface area (Å²) in [4.78, 5) is 35.5. The van der Waals surface area contributed by atoms with Crippen LogP contribution in [0.25, 0.3) is 38.9 Å². The number of hydrogen-bond acceptors (Lipinski definition) is 7. The molecule has 2 saturated heterocycles. The quantitative estimate of drug-likeness (QED) is 0.173. The molecule has 4 aromatic rings. The predicted octanol–water partition coefficient (Wildman–Crippen LogP) is 5.51. The number of nitrogens with zero attached hydrogens (tertiary/aromatic N) is 2. The summed E-state index contributed by atoms with van der Waals surface area (Å²) in [6, 6.07) is 21.4. The van der Waals surface area contributed by atoms with Crippen molar-refractivity contribution in [2.45, 2.75) is 63.8 Å². The van der Waals surface area contributed by atoms with Crippen molar-refractivity contribution in [3.63, 3.8) is 0 Å². The second-order valence-electron chi connectivity index (χ2n) is 13.1. The molecule has 2 fully saturated rings. The molecule has 0 radical (unpaired) electrons. The van der Waals surface area contributed by atoms with E-state index in [1.807, 2.05) is 31.1 Å². The van der Waals surface area contributed by atoms with E-state index in [2.05, 4.69) is 91.9 Å². The zero-order valence-corrected chi connectivity index (χ0v) is 27.2. The lowest BCUT2D eigenvalue weighted by Gasteiger charge is -2.34. The minimum absolute atomic E-state index is 0.0361. The molecule has 4 heterocycles. The average Bonchev–Trinajstić information content (AvgIpc) is 3.93. The number of fused-ring (bicyclic) bond motifs is 1. The van der Waals surface area contributed by atoms with Crippen LogP contribution in [0, 0.1) is 5.92 Å². The van der Waals surface area contributed by atoms with Gasteiger partial charge in [0.2, 0.25) is 5.91 Å². The number of carbonyl (C=O) groups excluding carboxylic acids is 2. The molecular weight excluding hydrogens is 590 g/mol. The lowest BCUT2D eigenvalue weighted by molar-refractivity contribution is -0.135. The summed E-state index contributed by atoms with van der Waals surface area (Å²) in [5, 5.41) is 15.7. The Balaban J connectivity index is 1.01. The number of nitrogens with one attached hydrogen (secondary N) is 5. The summed E-state index contributed by atoms with van der Waals surface area (Å²) in [6.07, 6.45) is 7.34. The molecule has 10 nitrogen and oxygen atoms in total. The van der Waals surface area contributed by atoms with E-state index in [4.69, 9.17) is 4.74 Å². The third-order valence-electron chi connectivity index (χ3n) is 9.74. The Morgan fingerprint density at radius 2 is 1.66 bits per heavy atom. The van der Waals surface area contributed by atoms with Gasteiger partial charge >= 0.3 is 6.09 Å². The number of aromatic amines is 1. The van der Waals surface area contributed by atoms with Crippen LogP contribution in [0.15, 0.2) is 73.1 Å². The number of H-pyrrole nitrogens is 1. The number of methoxy groups -OCH3 is 1. The molecule has 0 bridgehead atoms. The van der Waals surface area contributed by atoms with Crippen LogP contribution in [-0.2, 0) is 9.53 Å². The van der Waals surface area contributed by atoms with Gasteiger partial charge in [0.1, 0.15) is 18.0 Å². The molecule has 7 rings (SSSR count). The molecule has 5 N–H and O–H groups in total. The van der Waals surface area contributed by atoms with Crippen molar-refractivity contribution in [1.29, 1.82) is 0 Å². The maximum atomic E-state index is 13.5. The monoisotopic (exact) mass is 633 g/mol. The summed E-state index contributed by atoms with van der Waals surface area (Å²) < 4.78 is 4.77. The van der Waals surface area contributed by atoms with E-state index in [0.717, 1.165) is 59.5 Å². The first-order valence-electron chi connectivity index (χ1n) is 16.7. The van der Waals surface area contributed by atoms with Crippen LogP contribution in [0.4, 0.5) is 4.79 Å². The molecule has 0 aliphatic carbocycles. The number of hydrogen-bond donors (Lipinski definition) is 5. The number of carbonyl (C=O) groups is 2. The van der Waals surface area contributed by atoms with Crippen molar-refractivity contribution in [2.24, 2.45) is 5.92 Å². The molecule has 3 aromatic carbocycles. The second kappa shape index (κ2) is 13.1. The fourth-order valence-electron chi connectivity index (χ4n) is 7.10. The number of ether oxygens (including phenoxy) is 1. The van der Waals surface area contributed by atoms with Gasteiger partial charge in [-0.1, -0.05) is 62.4 Å². The molecule has 0 saturated carbocycles. The maximum absolute atomic E-state index is 13.5. The smallest absolute Gasteiger partial charge is 0.407 e. The molecule has 1 unspecified atom stereocenters. The highest BCUT2D eigenvalue weighted by Crippen LogP contribution is 2.31. The van der Waals surface area contributed by atoms with E-state index in [1.54, 1.807) is 0 Å². The van der Waals surface area contributed by atoms with Crippen molar-refractivity contribution in [1.82, 2.24) is 36.1 Å². The second-order valence-corrected chi connectivity index (χ2v) is 13.1. The van der Waals surface area contributed by atoms with Crippen molar-refractivity contribution in [3.8, 4) is 22.4 Å². The molecule has 3 aliphatic heterocycles. The molecule has 10 heteroatoms. The van der Waals surface area contributed by atoms with Crippen LogP contribution in [-0.4, -0.2) is 65.3 Å². The normalized spacial score (nSPS) is 21.4. The van der Waals surface area contributed by atoms with E-state index in [9.17, 15) is 9.59 Å². The molecule has 244 valence electrons. The highest BCUT2D eigenvalue weighted by atomic mass is 16.5. The minimum Gasteiger partial charge on any atom is -0.453 e. The fourth-order valence-corrected chi connectivity index (χ4v) is 7.10. The average molecular weight is 634 g/mol. The van der Waals surface area contributed by atoms with Gasteiger partial charge < -0.3 is 35.9 Å². The van der Waals surface area contributed by atoms with Gasteiger partial charge in [-0.25, -0.2) is 9.78 Å². The van der Waals surface area contributed by atoms with Gasteiger partial charge in [-0.3, -0.25) is 4.79 Å². The maximum Gasteiger partial charge on any atom is 0.407 e.